The van der Waals surface area contributed by atoms with Gasteiger partial charge in [0.05, 0.1) is 0 Å². The van der Waals surface area contributed by atoms with Gasteiger partial charge >= 0.3 is 6.18 Å². The number of nitrogens with zero attached hydrogens (tertiary/aromatic N) is 3. The Balaban J connectivity index is 1.73. The predicted molar refractivity (Wildman–Crippen MR) is 67.9 cm³/mol. The summed E-state index contributed by atoms with van der Waals surface area (Å²) in [5, 5.41) is 7.96. The molecular weight excluding hydrogens is 303 g/mol. The van der Waals surface area contributed by atoms with E-state index >= 15 is 0 Å². The van der Waals surface area contributed by atoms with Crippen LogP contribution >= 0.6 is 0 Å². The number of carbonyl (C=O) groups excluding carboxylic acids is 2. The SMILES string of the molecule is O=C1NCCN2CCN(C(=O)c3cc(C(F)(F)F)[nH]n3)CC12. The predicted octanol–water partition coefficient (Wildman–Crippen LogP) is -0.315. The molecule has 0 radical (unpaired) electrons. The molecule has 3 rings (SSSR count). The molecule has 1 aromatic heterocycles. The summed E-state index contributed by atoms with van der Waals surface area (Å²) in [6.07, 6.45) is -4.58. The molecule has 2 aliphatic rings. The van der Waals surface area contributed by atoms with E-state index < -0.39 is 23.8 Å². The molecule has 1 unspecified atom stereocenters. The van der Waals surface area contributed by atoms with E-state index in [1.165, 1.54) is 4.90 Å². The van der Waals surface area contributed by atoms with Gasteiger partial charge in [0.2, 0.25) is 5.91 Å². The third-order valence-electron chi connectivity index (χ3n) is 3.88. The van der Waals surface area contributed by atoms with Gasteiger partial charge in [-0.05, 0) is 0 Å². The normalized spacial score (nSPS) is 23.1. The topological polar surface area (TPSA) is 81.3 Å². The van der Waals surface area contributed by atoms with Crippen molar-refractivity contribution in [1.82, 2.24) is 25.3 Å². The third-order valence-corrected chi connectivity index (χ3v) is 3.88. The molecule has 22 heavy (non-hydrogen) atoms. The lowest BCUT2D eigenvalue weighted by Gasteiger charge is -2.42. The average molecular weight is 317 g/mol. The fourth-order valence-corrected chi connectivity index (χ4v) is 2.70. The van der Waals surface area contributed by atoms with Crippen molar-refractivity contribution >= 4 is 11.8 Å². The van der Waals surface area contributed by atoms with Gasteiger partial charge < -0.3 is 10.2 Å². The Kier molecular flexibility index (Phi) is 3.55. The third kappa shape index (κ3) is 2.65. The minimum Gasteiger partial charge on any atom is -0.353 e. The summed E-state index contributed by atoms with van der Waals surface area (Å²) in [4.78, 5) is 27.4. The lowest BCUT2D eigenvalue weighted by Crippen LogP contribution is -2.64. The molecule has 0 bridgehead atoms. The summed E-state index contributed by atoms with van der Waals surface area (Å²) >= 11 is 0. The molecule has 7 nitrogen and oxygen atoms in total. The molecule has 0 aliphatic carbocycles. The van der Waals surface area contributed by atoms with Crippen molar-refractivity contribution in [3.8, 4) is 0 Å². The summed E-state index contributed by atoms with van der Waals surface area (Å²) in [7, 11) is 0. The van der Waals surface area contributed by atoms with Crippen LogP contribution in [0.2, 0.25) is 0 Å². The molecule has 2 N–H and O–H groups in total. The van der Waals surface area contributed by atoms with Crippen LogP contribution in [0, 0.1) is 0 Å². The van der Waals surface area contributed by atoms with E-state index in [4.69, 9.17) is 0 Å². The summed E-state index contributed by atoms with van der Waals surface area (Å²) in [6, 6.07) is 0.239. The Labute approximate surface area is 123 Å². The number of hydrogen-bond acceptors (Lipinski definition) is 4. The Bertz CT molecular complexity index is 600. The van der Waals surface area contributed by atoms with Crippen LogP contribution in [0.5, 0.6) is 0 Å². The van der Waals surface area contributed by atoms with Crippen LogP contribution in [-0.4, -0.2) is 70.6 Å². The van der Waals surface area contributed by atoms with Crippen molar-refractivity contribution in [3.63, 3.8) is 0 Å². The number of aromatic amines is 1. The molecule has 120 valence electrons. The van der Waals surface area contributed by atoms with Crippen molar-refractivity contribution < 1.29 is 22.8 Å². The first kappa shape index (κ1) is 14.8. The highest BCUT2D eigenvalue weighted by Crippen LogP contribution is 2.28. The van der Waals surface area contributed by atoms with E-state index in [2.05, 4.69) is 10.4 Å². The number of hydrogen-bond donors (Lipinski definition) is 2. The second-order valence-corrected chi connectivity index (χ2v) is 5.26. The molecule has 2 amide bonds. The molecule has 10 heteroatoms. The number of piperazine rings is 2. The zero-order valence-electron chi connectivity index (χ0n) is 11.5. The highest BCUT2D eigenvalue weighted by molar-refractivity contribution is 5.93. The van der Waals surface area contributed by atoms with Crippen LogP contribution in [0.3, 0.4) is 0 Å². The van der Waals surface area contributed by atoms with E-state index in [1.54, 1.807) is 0 Å². The van der Waals surface area contributed by atoms with E-state index in [9.17, 15) is 22.8 Å². The molecule has 3 heterocycles. The minimum absolute atomic E-state index is 0.152. The minimum atomic E-state index is -4.58. The Morgan fingerprint density at radius 1 is 1.32 bits per heavy atom. The van der Waals surface area contributed by atoms with Crippen molar-refractivity contribution in [2.24, 2.45) is 0 Å². The lowest BCUT2D eigenvalue weighted by atomic mass is 10.1. The highest BCUT2D eigenvalue weighted by atomic mass is 19.4. The zero-order chi connectivity index (χ0) is 15.9. The van der Waals surface area contributed by atoms with Gasteiger partial charge in [0.1, 0.15) is 11.7 Å². The molecule has 2 aliphatic heterocycles. The molecular formula is C12H14F3N5O2. The number of nitrogens with one attached hydrogen (secondary N) is 2. The second-order valence-electron chi connectivity index (χ2n) is 5.26. The molecule has 2 fully saturated rings. The molecule has 2 saturated heterocycles. The number of rotatable bonds is 1. The van der Waals surface area contributed by atoms with Gasteiger partial charge in [0.25, 0.3) is 5.91 Å². The number of aromatic nitrogens is 2. The molecule has 1 aromatic rings. The number of H-pyrrole nitrogens is 1. The summed E-state index contributed by atoms with van der Waals surface area (Å²) in [6.45, 7) is 2.30. The lowest BCUT2D eigenvalue weighted by molar-refractivity contribution is -0.141. The highest BCUT2D eigenvalue weighted by Gasteiger charge is 2.38. The number of carbonyl (C=O) groups is 2. The number of amides is 2. The Hall–Kier alpha value is -2.10. The summed E-state index contributed by atoms with van der Waals surface area (Å²) in [5.74, 6) is -0.772. The van der Waals surface area contributed by atoms with Crippen LogP contribution in [0.15, 0.2) is 6.07 Å². The van der Waals surface area contributed by atoms with Gasteiger partial charge in [-0.1, -0.05) is 0 Å². The van der Waals surface area contributed by atoms with Crippen LogP contribution in [0.25, 0.3) is 0 Å². The van der Waals surface area contributed by atoms with Crippen molar-refractivity contribution in [3.05, 3.63) is 17.5 Å². The Morgan fingerprint density at radius 2 is 2.09 bits per heavy atom. The molecule has 0 spiro atoms. The zero-order valence-corrected chi connectivity index (χ0v) is 11.5. The van der Waals surface area contributed by atoms with Crippen LogP contribution in [0.4, 0.5) is 13.2 Å². The second kappa shape index (κ2) is 5.27. The van der Waals surface area contributed by atoms with Gasteiger partial charge in [-0.3, -0.25) is 19.6 Å². The Morgan fingerprint density at radius 3 is 2.77 bits per heavy atom. The fraction of sp³-hybridized carbons (Fsp3) is 0.583. The van der Waals surface area contributed by atoms with Crippen molar-refractivity contribution in [1.29, 1.82) is 0 Å². The van der Waals surface area contributed by atoms with E-state index in [-0.39, 0.29) is 18.1 Å². The van der Waals surface area contributed by atoms with Gasteiger partial charge in [-0.15, -0.1) is 0 Å². The summed E-state index contributed by atoms with van der Waals surface area (Å²) < 4.78 is 37.6. The number of halogens is 3. The largest absolute Gasteiger partial charge is 0.432 e. The quantitative estimate of drug-likeness (QED) is 0.744. The van der Waals surface area contributed by atoms with Crippen LogP contribution in [0.1, 0.15) is 16.2 Å². The molecule has 0 saturated carbocycles. The first-order valence-electron chi connectivity index (χ1n) is 6.80. The van der Waals surface area contributed by atoms with Crippen LogP contribution in [-0.2, 0) is 11.0 Å². The first-order chi connectivity index (χ1) is 10.4. The van der Waals surface area contributed by atoms with E-state index in [1.807, 2.05) is 10.00 Å². The number of alkyl halides is 3. The van der Waals surface area contributed by atoms with E-state index in [0.29, 0.717) is 32.2 Å². The standard InChI is InChI=1S/C12H14F3N5O2/c13-12(14,15)9-5-7(17-18-9)11(22)20-4-3-19-2-1-16-10(21)8(19)6-20/h5,8H,1-4,6H2,(H,16,21)(H,17,18). The van der Waals surface area contributed by atoms with Gasteiger partial charge in [0, 0.05) is 38.8 Å². The first-order valence-corrected chi connectivity index (χ1v) is 6.80. The van der Waals surface area contributed by atoms with Crippen LogP contribution < -0.4 is 5.32 Å². The van der Waals surface area contributed by atoms with Gasteiger partial charge in [-0.2, -0.15) is 18.3 Å². The smallest absolute Gasteiger partial charge is 0.353 e. The van der Waals surface area contributed by atoms with Gasteiger partial charge in [-0.25, -0.2) is 0 Å². The average Bonchev–Trinajstić information content (AvgIpc) is 2.96. The van der Waals surface area contributed by atoms with E-state index in [0.717, 1.165) is 0 Å². The fourth-order valence-electron chi connectivity index (χ4n) is 2.70. The molecule has 0 aromatic carbocycles. The maximum absolute atomic E-state index is 12.5. The van der Waals surface area contributed by atoms with Gasteiger partial charge in [0.15, 0.2) is 5.69 Å². The molecule has 1 atom stereocenters. The summed E-state index contributed by atoms with van der Waals surface area (Å²) in [5.41, 5.74) is -1.36. The van der Waals surface area contributed by atoms with Crippen molar-refractivity contribution in [2.75, 3.05) is 32.7 Å². The monoisotopic (exact) mass is 317 g/mol. The number of fused-ring (bicyclic) bond motifs is 1. The maximum Gasteiger partial charge on any atom is 0.432 e. The van der Waals surface area contributed by atoms with Crippen molar-refractivity contribution in [2.45, 2.75) is 12.2 Å². The maximum atomic E-state index is 12.5.